The van der Waals surface area contributed by atoms with E-state index in [1.807, 2.05) is 4.90 Å². The topological polar surface area (TPSA) is 123 Å². The van der Waals surface area contributed by atoms with E-state index in [9.17, 15) is 10.2 Å². The molecule has 13 heteroatoms. The highest BCUT2D eigenvalue weighted by Crippen LogP contribution is 2.49. The summed E-state index contributed by atoms with van der Waals surface area (Å²) in [5.41, 5.74) is -1.75. The van der Waals surface area contributed by atoms with E-state index in [-0.39, 0.29) is 81.7 Å². The standard InChI is InChI=1S/C40H45F2N5O6/c1-4-27-29(41)9-8-24-19-26(48)20-28(31(24)27)34-33(42)35-32(37(43-34)50-3)36(46-15-18-52-22-39(2,49)21-46)45-38(44-35)53-23-40-12-5-7-30(40)47(14-6-13-40)25-10-16-51-17-11-25/h1,8-9,19-20,25,30,48-49H,5-7,10-18,21-23H2,2-3H3/t30?,39-,40?/m0/s1. The number of β-amino-alcohol motifs (C(OH)–C–C–N with tert-alkyl or cyclic N) is 1. The second-order valence-corrected chi connectivity index (χ2v) is 15.2. The molecule has 4 fully saturated rings. The fraction of sp³-hybridized carbons (Fsp3) is 0.525. The first-order valence-corrected chi connectivity index (χ1v) is 18.5. The Morgan fingerprint density at radius 3 is 2.62 bits per heavy atom. The minimum atomic E-state index is -1.24. The Hall–Kier alpha value is -4.35. The lowest BCUT2D eigenvalue weighted by atomic mass is 9.74. The Morgan fingerprint density at radius 2 is 1.83 bits per heavy atom. The molecule has 280 valence electrons. The molecule has 2 N–H and O–H groups in total. The van der Waals surface area contributed by atoms with Gasteiger partial charge in [-0.1, -0.05) is 18.4 Å². The van der Waals surface area contributed by atoms with E-state index in [0.29, 0.717) is 30.6 Å². The minimum absolute atomic E-state index is 0.00764. The Morgan fingerprint density at radius 1 is 1.02 bits per heavy atom. The van der Waals surface area contributed by atoms with Gasteiger partial charge in [0.1, 0.15) is 39.6 Å². The highest BCUT2D eigenvalue weighted by atomic mass is 19.1. The molecule has 0 radical (unpaired) electrons. The van der Waals surface area contributed by atoms with Gasteiger partial charge in [-0.2, -0.15) is 9.97 Å². The third-order valence-corrected chi connectivity index (χ3v) is 11.6. The van der Waals surface area contributed by atoms with Crippen LogP contribution in [0.1, 0.15) is 57.4 Å². The monoisotopic (exact) mass is 729 g/mol. The number of hydrogen-bond donors (Lipinski definition) is 2. The lowest BCUT2D eigenvalue weighted by Crippen LogP contribution is -2.56. The fourth-order valence-electron chi connectivity index (χ4n) is 9.26. The normalized spacial score (nSPS) is 25.7. The van der Waals surface area contributed by atoms with E-state index in [0.717, 1.165) is 64.7 Å². The van der Waals surface area contributed by atoms with Crippen molar-refractivity contribution in [3.05, 3.63) is 41.5 Å². The molecule has 8 rings (SSSR count). The summed E-state index contributed by atoms with van der Waals surface area (Å²) in [5, 5.41) is 22.7. The van der Waals surface area contributed by atoms with Crippen LogP contribution in [-0.4, -0.2) is 108 Å². The first-order chi connectivity index (χ1) is 25.6. The van der Waals surface area contributed by atoms with Crippen molar-refractivity contribution in [2.75, 3.05) is 64.7 Å². The predicted octanol–water partition coefficient (Wildman–Crippen LogP) is 5.60. The number of fused-ring (bicyclic) bond motifs is 3. The summed E-state index contributed by atoms with van der Waals surface area (Å²) in [4.78, 5) is 18.7. The minimum Gasteiger partial charge on any atom is -0.508 e. The maximum Gasteiger partial charge on any atom is 0.319 e. The lowest BCUT2D eigenvalue weighted by molar-refractivity contribution is -0.0511. The van der Waals surface area contributed by atoms with Crippen LogP contribution in [0.2, 0.25) is 0 Å². The second kappa shape index (κ2) is 14.1. The number of phenols is 1. The van der Waals surface area contributed by atoms with Crippen LogP contribution in [0.5, 0.6) is 17.6 Å². The third-order valence-electron chi connectivity index (χ3n) is 11.6. The van der Waals surface area contributed by atoms with Crippen LogP contribution in [0.25, 0.3) is 32.9 Å². The summed E-state index contributed by atoms with van der Waals surface area (Å²) >= 11 is 0. The molecule has 11 nitrogen and oxygen atoms in total. The number of nitrogens with zero attached hydrogens (tertiary/aromatic N) is 5. The molecule has 4 aliphatic rings. The van der Waals surface area contributed by atoms with Gasteiger partial charge in [0.2, 0.25) is 5.88 Å². The van der Waals surface area contributed by atoms with E-state index in [2.05, 4.69) is 15.8 Å². The van der Waals surface area contributed by atoms with Crippen molar-refractivity contribution < 1.29 is 37.9 Å². The molecule has 5 heterocycles. The van der Waals surface area contributed by atoms with Crippen LogP contribution < -0.4 is 14.4 Å². The first kappa shape index (κ1) is 35.7. The molecule has 2 unspecified atom stereocenters. The number of aromatic nitrogens is 3. The molecule has 3 atom stereocenters. The Labute approximate surface area is 307 Å². The van der Waals surface area contributed by atoms with Crippen molar-refractivity contribution in [3.8, 4) is 41.2 Å². The number of pyridine rings is 1. The lowest BCUT2D eigenvalue weighted by Gasteiger charge is -2.50. The van der Waals surface area contributed by atoms with Gasteiger partial charge in [0.05, 0.1) is 39.0 Å². The summed E-state index contributed by atoms with van der Waals surface area (Å²) in [5.74, 6) is 0.938. The Balaban J connectivity index is 1.27. The summed E-state index contributed by atoms with van der Waals surface area (Å²) in [6.07, 6.45) is 13.1. The largest absolute Gasteiger partial charge is 0.508 e. The van der Waals surface area contributed by atoms with Crippen molar-refractivity contribution in [1.29, 1.82) is 0 Å². The average Bonchev–Trinajstić information content (AvgIpc) is 3.51. The highest BCUT2D eigenvalue weighted by molar-refractivity contribution is 6.04. The molecule has 0 amide bonds. The Bertz CT molecular complexity index is 2090. The molecular formula is C40H45F2N5O6. The zero-order valence-corrected chi connectivity index (χ0v) is 30.2. The molecule has 4 aromatic rings. The molecule has 2 aromatic carbocycles. The van der Waals surface area contributed by atoms with Gasteiger partial charge < -0.3 is 34.1 Å². The molecular weight excluding hydrogens is 684 g/mol. The van der Waals surface area contributed by atoms with Crippen molar-refractivity contribution in [1.82, 2.24) is 19.9 Å². The number of terminal acetylenes is 1. The number of halogens is 2. The van der Waals surface area contributed by atoms with Crippen LogP contribution in [0, 0.1) is 29.4 Å². The number of likely N-dealkylation sites (tertiary alicyclic amines) is 1. The maximum absolute atomic E-state index is 17.3. The molecule has 3 aliphatic heterocycles. The quantitative estimate of drug-likeness (QED) is 0.231. The number of methoxy groups -OCH3 is 1. The van der Waals surface area contributed by atoms with Crippen LogP contribution in [0.15, 0.2) is 24.3 Å². The van der Waals surface area contributed by atoms with Gasteiger partial charge >= 0.3 is 6.01 Å². The number of anilines is 1. The third kappa shape index (κ3) is 6.49. The van der Waals surface area contributed by atoms with E-state index >= 15 is 8.78 Å². The number of piperidine rings is 1. The second-order valence-electron chi connectivity index (χ2n) is 15.2. The zero-order valence-electron chi connectivity index (χ0n) is 30.2. The summed E-state index contributed by atoms with van der Waals surface area (Å²) in [6.45, 7) is 5.50. The van der Waals surface area contributed by atoms with Gasteiger partial charge in [-0.15, -0.1) is 6.42 Å². The van der Waals surface area contributed by atoms with Gasteiger partial charge in [-0.25, -0.2) is 13.8 Å². The van der Waals surface area contributed by atoms with Crippen LogP contribution in [0.3, 0.4) is 0 Å². The van der Waals surface area contributed by atoms with E-state index in [1.165, 1.54) is 31.4 Å². The fourth-order valence-corrected chi connectivity index (χ4v) is 9.26. The van der Waals surface area contributed by atoms with Gasteiger partial charge in [-0.3, -0.25) is 4.90 Å². The van der Waals surface area contributed by atoms with Crippen LogP contribution in [0.4, 0.5) is 14.6 Å². The number of ether oxygens (including phenoxy) is 4. The van der Waals surface area contributed by atoms with Crippen molar-refractivity contribution in [2.45, 2.75) is 69.6 Å². The molecule has 2 aromatic heterocycles. The van der Waals surface area contributed by atoms with E-state index < -0.39 is 17.2 Å². The SMILES string of the molecule is C#Cc1c(F)ccc2cc(O)cc(-c3nc(OC)c4c(N5CCOC[C@@](C)(O)C5)nc(OCC56CCCC5N(C5CCOCC5)CCC6)nc4c3F)c12. The number of aliphatic hydroxyl groups is 1. The smallest absolute Gasteiger partial charge is 0.319 e. The first-order valence-electron chi connectivity index (χ1n) is 18.5. The molecule has 0 bridgehead atoms. The van der Waals surface area contributed by atoms with Gasteiger partial charge in [0.25, 0.3) is 0 Å². The highest BCUT2D eigenvalue weighted by Gasteiger charge is 2.50. The van der Waals surface area contributed by atoms with E-state index in [4.69, 9.17) is 35.3 Å². The number of phenolic OH excluding ortho intramolecular Hbond substituents is 1. The summed E-state index contributed by atoms with van der Waals surface area (Å²) in [7, 11) is 1.40. The molecule has 1 aliphatic carbocycles. The van der Waals surface area contributed by atoms with Crippen molar-refractivity contribution in [3.63, 3.8) is 0 Å². The maximum atomic E-state index is 17.3. The van der Waals surface area contributed by atoms with Crippen molar-refractivity contribution in [2.24, 2.45) is 5.41 Å². The number of hydrogen-bond acceptors (Lipinski definition) is 11. The van der Waals surface area contributed by atoms with Crippen molar-refractivity contribution >= 4 is 27.5 Å². The molecule has 53 heavy (non-hydrogen) atoms. The number of rotatable bonds is 7. The van der Waals surface area contributed by atoms with Crippen LogP contribution in [-0.2, 0) is 9.47 Å². The summed E-state index contributed by atoms with van der Waals surface area (Å²) < 4.78 is 56.1. The Kier molecular flexibility index (Phi) is 9.51. The number of aromatic hydroxyl groups is 1. The van der Waals surface area contributed by atoms with E-state index in [1.54, 1.807) is 6.92 Å². The van der Waals surface area contributed by atoms with Crippen LogP contribution >= 0.6 is 0 Å². The molecule has 1 saturated carbocycles. The van der Waals surface area contributed by atoms with Gasteiger partial charge in [-0.05, 0) is 75.6 Å². The predicted molar refractivity (Wildman–Crippen MR) is 195 cm³/mol. The number of benzene rings is 2. The molecule has 3 saturated heterocycles. The van der Waals surface area contributed by atoms with Gasteiger partial charge in [0.15, 0.2) is 5.82 Å². The zero-order chi connectivity index (χ0) is 36.9. The average molecular weight is 730 g/mol. The molecule has 0 spiro atoms. The summed E-state index contributed by atoms with van der Waals surface area (Å²) in [6, 6.07) is 6.22. The van der Waals surface area contributed by atoms with Gasteiger partial charge in [0, 0.05) is 48.2 Å².